The van der Waals surface area contributed by atoms with Crippen molar-refractivity contribution in [3.63, 3.8) is 0 Å². The van der Waals surface area contributed by atoms with Crippen molar-refractivity contribution in [2.24, 2.45) is 0 Å². The second-order valence-electron chi connectivity index (χ2n) is 8.00. The van der Waals surface area contributed by atoms with Gasteiger partial charge in [-0.05, 0) is 45.4 Å². The Balaban J connectivity index is 1.52. The van der Waals surface area contributed by atoms with Crippen LogP contribution in [0.25, 0.3) is 27.3 Å². The highest BCUT2D eigenvalue weighted by atomic mass is 32.2. The van der Waals surface area contributed by atoms with Gasteiger partial charge in [0.05, 0.1) is 16.8 Å². The molecule has 0 aliphatic heterocycles. The van der Waals surface area contributed by atoms with Crippen molar-refractivity contribution in [3.8, 4) is 17.1 Å². The number of aryl methyl sites for hydroxylation is 4. The molecule has 0 bridgehead atoms. The topological polar surface area (TPSA) is 73.8 Å². The van der Waals surface area contributed by atoms with E-state index >= 15 is 0 Å². The highest BCUT2D eigenvalue weighted by Gasteiger charge is 2.19. The molecule has 0 atom stereocenters. The molecule has 0 saturated heterocycles. The van der Waals surface area contributed by atoms with Crippen molar-refractivity contribution in [3.05, 3.63) is 86.3 Å². The van der Waals surface area contributed by atoms with E-state index in [1.807, 2.05) is 76.2 Å². The summed E-state index contributed by atoms with van der Waals surface area (Å²) >= 11 is 2.96. The molecule has 166 valence electrons. The van der Waals surface area contributed by atoms with Gasteiger partial charge in [0.25, 0.3) is 5.56 Å². The fraction of sp³-hybridized carbons (Fsp3) is 0.200. The lowest BCUT2D eigenvalue weighted by Gasteiger charge is -2.12. The Hall–Kier alpha value is -3.23. The fourth-order valence-electron chi connectivity index (χ4n) is 3.55. The van der Waals surface area contributed by atoms with E-state index in [-0.39, 0.29) is 5.56 Å². The quantitative estimate of drug-likeness (QED) is 0.229. The van der Waals surface area contributed by atoms with E-state index in [9.17, 15) is 4.79 Å². The average molecular weight is 475 g/mol. The lowest BCUT2D eigenvalue weighted by Crippen LogP contribution is -2.21. The van der Waals surface area contributed by atoms with Crippen molar-refractivity contribution in [1.82, 2.24) is 19.7 Å². The summed E-state index contributed by atoms with van der Waals surface area (Å²) in [4.78, 5) is 24.8. The van der Waals surface area contributed by atoms with Crippen LogP contribution in [0.15, 0.2) is 63.0 Å². The minimum atomic E-state index is -0.0564. The molecule has 0 saturated carbocycles. The standard InChI is InChI=1S/C25H22N4O2S2/c1-14-5-9-18(10-6-14)22-26-20(31-28-22)13-32-25-27-23-21(16(3)17(4)33-23)24(30)29(25)19-11-7-15(2)8-12-19/h5-12H,13H2,1-4H3. The van der Waals surface area contributed by atoms with Crippen LogP contribution in [0.5, 0.6) is 0 Å². The van der Waals surface area contributed by atoms with Crippen LogP contribution >= 0.6 is 23.1 Å². The molecular formula is C25H22N4O2S2. The number of thiophene rings is 1. The zero-order chi connectivity index (χ0) is 23.1. The predicted octanol–water partition coefficient (Wildman–Crippen LogP) is 6.02. The fourth-order valence-corrected chi connectivity index (χ4v) is 5.47. The monoisotopic (exact) mass is 474 g/mol. The van der Waals surface area contributed by atoms with Crippen molar-refractivity contribution < 1.29 is 4.52 Å². The summed E-state index contributed by atoms with van der Waals surface area (Å²) in [6.45, 7) is 8.07. The van der Waals surface area contributed by atoms with E-state index in [1.54, 1.807) is 15.9 Å². The number of thioether (sulfide) groups is 1. The summed E-state index contributed by atoms with van der Waals surface area (Å²) in [5.74, 6) is 1.44. The summed E-state index contributed by atoms with van der Waals surface area (Å²) in [7, 11) is 0. The number of aromatic nitrogens is 4. The number of rotatable bonds is 5. The maximum absolute atomic E-state index is 13.6. The minimum absolute atomic E-state index is 0.0564. The van der Waals surface area contributed by atoms with Crippen molar-refractivity contribution in [1.29, 1.82) is 0 Å². The highest BCUT2D eigenvalue weighted by molar-refractivity contribution is 7.98. The number of hydrogen-bond acceptors (Lipinski definition) is 7. The van der Waals surface area contributed by atoms with Gasteiger partial charge in [-0.25, -0.2) is 4.98 Å². The number of nitrogens with zero attached hydrogens (tertiary/aromatic N) is 4. The van der Waals surface area contributed by atoms with Crippen LogP contribution in [0.1, 0.15) is 27.5 Å². The van der Waals surface area contributed by atoms with Crippen LogP contribution in [-0.4, -0.2) is 19.7 Å². The Kier molecular flexibility index (Phi) is 5.64. The van der Waals surface area contributed by atoms with E-state index in [0.29, 0.717) is 28.0 Å². The molecule has 2 aromatic carbocycles. The molecule has 0 fully saturated rings. The molecule has 3 heterocycles. The van der Waals surface area contributed by atoms with Gasteiger partial charge in [0.2, 0.25) is 11.7 Å². The van der Waals surface area contributed by atoms with Crippen LogP contribution in [0, 0.1) is 27.7 Å². The molecule has 33 heavy (non-hydrogen) atoms. The molecule has 5 rings (SSSR count). The number of hydrogen-bond donors (Lipinski definition) is 0. The molecule has 0 spiro atoms. The van der Waals surface area contributed by atoms with Gasteiger partial charge in [0.1, 0.15) is 4.83 Å². The Morgan fingerprint density at radius 3 is 2.30 bits per heavy atom. The largest absolute Gasteiger partial charge is 0.338 e. The van der Waals surface area contributed by atoms with Gasteiger partial charge >= 0.3 is 0 Å². The highest BCUT2D eigenvalue weighted by Crippen LogP contribution is 2.31. The molecule has 6 nitrogen and oxygen atoms in total. The zero-order valence-corrected chi connectivity index (χ0v) is 20.4. The average Bonchev–Trinajstić information content (AvgIpc) is 3.38. The van der Waals surface area contributed by atoms with Crippen molar-refractivity contribution in [2.45, 2.75) is 38.6 Å². The molecule has 0 N–H and O–H groups in total. The number of fused-ring (bicyclic) bond motifs is 1. The molecule has 0 aliphatic rings. The molecule has 0 unspecified atom stereocenters. The minimum Gasteiger partial charge on any atom is -0.338 e. The Labute approximate surface area is 199 Å². The third-order valence-electron chi connectivity index (χ3n) is 5.57. The van der Waals surface area contributed by atoms with Crippen molar-refractivity contribution >= 4 is 33.3 Å². The smallest absolute Gasteiger partial charge is 0.267 e. The second kappa shape index (κ2) is 8.61. The third kappa shape index (κ3) is 4.12. The predicted molar refractivity (Wildman–Crippen MR) is 133 cm³/mol. The van der Waals surface area contributed by atoms with Gasteiger partial charge in [0, 0.05) is 10.4 Å². The molecule has 0 amide bonds. The summed E-state index contributed by atoms with van der Waals surface area (Å²) in [5, 5.41) is 5.40. The molecule has 0 aliphatic carbocycles. The van der Waals surface area contributed by atoms with Crippen LogP contribution in [-0.2, 0) is 5.75 Å². The number of benzene rings is 2. The summed E-state index contributed by atoms with van der Waals surface area (Å²) in [5.41, 5.74) is 4.93. The molecular weight excluding hydrogens is 452 g/mol. The molecule has 0 radical (unpaired) electrons. The van der Waals surface area contributed by atoms with Crippen molar-refractivity contribution in [2.75, 3.05) is 0 Å². The van der Waals surface area contributed by atoms with E-state index in [2.05, 4.69) is 10.1 Å². The van der Waals surface area contributed by atoms with Gasteiger partial charge in [-0.2, -0.15) is 4.98 Å². The lowest BCUT2D eigenvalue weighted by atomic mass is 10.1. The molecule has 3 aromatic heterocycles. The Bertz CT molecular complexity index is 1510. The van der Waals surface area contributed by atoms with E-state index in [1.165, 1.54) is 17.3 Å². The summed E-state index contributed by atoms with van der Waals surface area (Å²) in [6, 6.07) is 15.9. The normalized spacial score (nSPS) is 11.4. The second-order valence-corrected chi connectivity index (χ2v) is 10.1. The van der Waals surface area contributed by atoms with E-state index in [4.69, 9.17) is 9.51 Å². The SMILES string of the molecule is Cc1ccc(-c2noc(CSc3nc4sc(C)c(C)c4c(=O)n3-c3ccc(C)cc3)n2)cc1. The zero-order valence-electron chi connectivity index (χ0n) is 18.7. The first-order valence-electron chi connectivity index (χ1n) is 10.5. The van der Waals surface area contributed by atoms with Gasteiger partial charge in [0.15, 0.2) is 5.16 Å². The van der Waals surface area contributed by atoms with Gasteiger partial charge in [-0.1, -0.05) is 64.4 Å². The lowest BCUT2D eigenvalue weighted by molar-refractivity contribution is 0.391. The maximum atomic E-state index is 13.6. The van der Waals surface area contributed by atoms with Gasteiger partial charge < -0.3 is 4.52 Å². The van der Waals surface area contributed by atoms with E-state index < -0.39 is 0 Å². The van der Waals surface area contributed by atoms with Gasteiger partial charge in [-0.3, -0.25) is 9.36 Å². The molecule has 8 heteroatoms. The van der Waals surface area contributed by atoms with Crippen LogP contribution < -0.4 is 5.56 Å². The first kappa shape index (κ1) is 21.6. The first-order valence-corrected chi connectivity index (χ1v) is 12.3. The maximum Gasteiger partial charge on any atom is 0.267 e. The summed E-state index contributed by atoms with van der Waals surface area (Å²) in [6.07, 6.45) is 0. The Morgan fingerprint density at radius 2 is 1.61 bits per heavy atom. The van der Waals surface area contributed by atoms with Crippen LogP contribution in [0.3, 0.4) is 0 Å². The summed E-state index contributed by atoms with van der Waals surface area (Å²) < 4.78 is 7.16. The van der Waals surface area contributed by atoms with E-state index in [0.717, 1.165) is 32.1 Å². The Morgan fingerprint density at radius 1 is 0.939 bits per heavy atom. The van der Waals surface area contributed by atoms with Gasteiger partial charge in [-0.15, -0.1) is 11.3 Å². The van der Waals surface area contributed by atoms with Crippen LogP contribution in [0.4, 0.5) is 0 Å². The van der Waals surface area contributed by atoms with Crippen LogP contribution in [0.2, 0.25) is 0 Å². The first-order chi connectivity index (χ1) is 15.9. The third-order valence-corrected chi connectivity index (χ3v) is 7.59. The molecule has 5 aromatic rings.